The molecule has 0 saturated heterocycles. The summed E-state index contributed by atoms with van der Waals surface area (Å²) in [5.74, 6) is 0. The van der Waals surface area contributed by atoms with Crippen molar-refractivity contribution < 1.29 is 0 Å². The van der Waals surface area contributed by atoms with Crippen molar-refractivity contribution in [3.8, 4) is 0 Å². The van der Waals surface area contributed by atoms with E-state index in [2.05, 4.69) is 11.9 Å². The van der Waals surface area contributed by atoms with Crippen LogP contribution in [0.4, 0.5) is 0 Å². The molecule has 2 heterocycles. The maximum Gasteiger partial charge on any atom is 0.276 e. The molecule has 0 saturated carbocycles. The van der Waals surface area contributed by atoms with Crippen LogP contribution in [0.5, 0.6) is 0 Å². The van der Waals surface area contributed by atoms with E-state index in [4.69, 9.17) is 12.2 Å². The smallest absolute Gasteiger partial charge is 0.276 e. The molecule has 0 spiro atoms. The van der Waals surface area contributed by atoms with Gasteiger partial charge in [-0.1, -0.05) is 31.5 Å². The molecule has 1 N–H and O–H groups in total. The molecule has 0 atom stereocenters. The fourth-order valence-corrected chi connectivity index (χ4v) is 2.95. The standard InChI is InChI=1S/C15H17N3OS/c1-3-4-9-18-13-12(16-15(18)20)10-7-5-6-8-11(10)17(2)14(13)19/h5-8H,3-4,9H2,1-2H3,(H,16,20). The third-order valence-corrected chi connectivity index (χ3v) is 4.08. The SMILES string of the molecule is CCCCn1c(=S)[nH]c2c3ccccc3n(C)c(=O)c21. The molecule has 0 amide bonds. The number of hydrogen-bond donors (Lipinski definition) is 1. The number of nitrogens with one attached hydrogen (secondary N) is 1. The Hall–Kier alpha value is -1.88. The number of H-pyrrole nitrogens is 1. The van der Waals surface area contributed by atoms with Crippen molar-refractivity contribution in [2.24, 2.45) is 7.05 Å². The molecule has 3 aromatic rings. The average Bonchev–Trinajstić information content (AvgIpc) is 2.79. The van der Waals surface area contributed by atoms with Crippen LogP contribution in [0.2, 0.25) is 0 Å². The molecule has 4 nitrogen and oxygen atoms in total. The van der Waals surface area contributed by atoms with Crippen LogP contribution in [-0.4, -0.2) is 14.1 Å². The van der Waals surface area contributed by atoms with Gasteiger partial charge in [-0.3, -0.25) is 4.79 Å². The monoisotopic (exact) mass is 287 g/mol. The van der Waals surface area contributed by atoms with Gasteiger partial charge in [-0.15, -0.1) is 0 Å². The maximum absolute atomic E-state index is 12.6. The lowest BCUT2D eigenvalue weighted by molar-refractivity contribution is 0.636. The number of para-hydroxylation sites is 1. The summed E-state index contributed by atoms with van der Waals surface area (Å²) in [7, 11) is 1.81. The summed E-state index contributed by atoms with van der Waals surface area (Å²) in [6.45, 7) is 2.91. The molecule has 3 rings (SSSR count). The Morgan fingerprint density at radius 3 is 2.80 bits per heavy atom. The first-order chi connectivity index (χ1) is 9.65. The van der Waals surface area contributed by atoms with E-state index < -0.39 is 0 Å². The van der Waals surface area contributed by atoms with Crippen molar-refractivity contribution in [2.45, 2.75) is 26.3 Å². The lowest BCUT2D eigenvalue weighted by atomic mass is 10.2. The molecular weight excluding hydrogens is 270 g/mol. The van der Waals surface area contributed by atoms with E-state index >= 15 is 0 Å². The highest BCUT2D eigenvalue weighted by molar-refractivity contribution is 7.71. The van der Waals surface area contributed by atoms with Gasteiger partial charge in [-0.2, -0.15) is 0 Å². The van der Waals surface area contributed by atoms with E-state index in [-0.39, 0.29) is 5.56 Å². The molecule has 0 aliphatic heterocycles. The Balaban J connectivity index is 2.48. The molecule has 2 aromatic heterocycles. The van der Waals surface area contributed by atoms with Crippen molar-refractivity contribution in [1.29, 1.82) is 0 Å². The van der Waals surface area contributed by atoms with Crippen LogP contribution < -0.4 is 5.56 Å². The molecule has 0 bridgehead atoms. The zero-order valence-electron chi connectivity index (χ0n) is 11.6. The molecular formula is C15H17N3OS. The van der Waals surface area contributed by atoms with Crippen LogP contribution in [0.25, 0.3) is 21.9 Å². The molecule has 0 fully saturated rings. The summed E-state index contributed by atoms with van der Waals surface area (Å²) in [4.78, 5) is 15.8. The first-order valence-electron chi connectivity index (χ1n) is 6.85. The first kappa shape index (κ1) is 13.1. The molecule has 0 unspecified atom stereocenters. The Morgan fingerprint density at radius 1 is 1.30 bits per heavy atom. The summed E-state index contributed by atoms with van der Waals surface area (Å²) >= 11 is 5.39. The number of rotatable bonds is 3. The molecule has 0 radical (unpaired) electrons. The number of pyridine rings is 1. The lowest BCUT2D eigenvalue weighted by Gasteiger charge is -2.08. The van der Waals surface area contributed by atoms with Crippen LogP contribution in [0.15, 0.2) is 29.1 Å². The third-order valence-electron chi connectivity index (χ3n) is 3.76. The number of aromatic amines is 1. The second kappa shape index (κ2) is 4.90. The molecule has 0 aliphatic carbocycles. The highest BCUT2D eigenvalue weighted by Crippen LogP contribution is 2.21. The topological polar surface area (TPSA) is 42.7 Å². The van der Waals surface area contributed by atoms with Gasteiger partial charge in [0.05, 0.1) is 11.0 Å². The van der Waals surface area contributed by atoms with E-state index in [0.29, 0.717) is 10.3 Å². The van der Waals surface area contributed by atoms with Gasteiger partial charge in [-0.25, -0.2) is 0 Å². The summed E-state index contributed by atoms with van der Waals surface area (Å²) < 4.78 is 4.26. The number of hydrogen-bond acceptors (Lipinski definition) is 2. The quantitative estimate of drug-likeness (QED) is 0.751. The van der Waals surface area contributed by atoms with E-state index in [1.165, 1.54) is 0 Å². The fourth-order valence-electron chi connectivity index (χ4n) is 2.66. The summed E-state index contributed by atoms with van der Waals surface area (Å²) in [6, 6.07) is 7.89. The second-order valence-corrected chi connectivity index (χ2v) is 5.43. The number of imidazole rings is 1. The van der Waals surface area contributed by atoms with Crippen LogP contribution in [-0.2, 0) is 13.6 Å². The number of aromatic nitrogens is 3. The first-order valence-corrected chi connectivity index (χ1v) is 7.26. The fraction of sp³-hybridized carbons (Fsp3) is 0.333. The van der Waals surface area contributed by atoms with Gasteiger partial charge in [0.15, 0.2) is 4.77 Å². The van der Waals surface area contributed by atoms with E-state index in [1.54, 1.807) is 4.57 Å². The molecule has 5 heteroatoms. The van der Waals surface area contributed by atoms with Crippen LogP contribution >= 0.6 is 12.2 Å². The van der Waals surface area contributed by atoms with Crippen LogP contribution in [0.3, 0.4) is 0 Å². The zero-order valence-corrected chi connectivity index (χ0v) is 12.5. The molecule has 104 valence electrons. The lowest BCUT2D eigenvalue weighted by Crippen LogP contribution is -2.20. The van der Waals surface area contributed by atoms with Crippen molar-refractivity contribution >= 4 is 34.2 Å². The molecule has 1 aromatic carbocycles. The van der Waals surface area contributed by atoms with E-state index in [1.807, 2.05) is 35.9 Å². The Morgan fingerprint density at radius 2 is 2.05 bits per heavy atom. The average molecular weight is 287 g/mol. The summed E-state index contributed by atoms with van der Waals surface area (Å²) in [5, 5.41) is 1.03. The van der Waals surface area contributed by atoms with Crippen molar-refractivity contribution in [3.63, 3.8) is 0 Å². The Bertz CT molecular complexity index is 901. The summed E-state index contributed by atoms with van der Waals surface area (Å²) in [5.41, 5.74) is 2.46. The normalized spacial score (nSPS) is 11.5. The molecule has 20 heavy (non-hydrogen) atoms. The predicted molar refractivity (Wildman–Crippen MR) is 84.8 cm³/mol. The largest absolute Gasteiger partial charge is 0.330 e. The second-order valence-electron chi connectivity index (χ2n) is 5.04. The van der Waals surface area contributed by atoms with Gasteiger partial charge >= 0.3 is 0 Å². The van der Waals surface area contributed by atoms with Gasteiger partial charge in [0.1, 0.15) is 5.52 Å². The van der Waals surface area contributed by atoms with Gasteiger partial charge in [0, 0.05) is 19.0 Å². The minimum atomic E-state index is 0.00199. The van der Waals surface area contributed by atoms with Gasteiger partial charge in [-0.05, 0) is 24.7 Å². The van der Waals surface area contributed by atoms with E-state index in [0.717, 1.165) is 35.8 Å². The predicted octanol–water partition coefficient (Wildman–Crippen LogP) is 3.35. The Kier molecular flexibility index (Phi) is 3.22. The van der Waals surface area contributed by atoms with Gasteiger partial charge in [0.2, 0.25) is 0 Å². The van der Waals surface area contributed by atoms with Crippen LogP contribution in [0, 0.1) is 4.77 Å². The number of fused-ring (bicyclic) bond motifs is 3. The highest BCUT2D eigenvalue weighted by atomic mass is 32.1. The van der Waals surface area contributed by atoms with Gasteiger partial charge < -0.3 is 14.1 Å². The Labute approximate surface area is 121 Å². The minimum absolute atomic E-state index is 0.00199. The zero-order chi connectivity index (χ0) is 14.3. The highest BCUT2D eigenvalue weighted by Gasteiger charge is 2.14. The third kappa shape index (κ3) is 1.81. The molecule has 0 aliphatic rings. The number of benzene rings is 1. The number of aryl methyl sites for hydroxylation is 2. The number of nitrogens with zero attached hydrogens (tertiary/aromatic N) is 2. The van der Waals surface area contributed by atoms with Crippen molar-refractivity contribution in [1.82, 2.24) is 14.1 Å². The minimum Gasteiger partial charge on any atom is -0.330 e. The summed E-state index contributed by atoms with van der Waals surface area (Å²) in [6.07, 6.45) is 2.08. The van der Waals surface area contributed by atoms with Gasteiger partial charge in [0.25, 0.3) is 5.56 Å². The van der Waals surface area contributed by atoms with Crippen LogP contribution in [0.1, 0.15) is 19.8 Å². The van der Waals surface area contributed by atoms with E-state index in [9.17, 15) is 4.79 Å². The van der Waals surface area contributed by atoms with Crippen molar-refractivity contribution in [3.05, 3.63) is 39.4 Å². The maximum atomic E-state index is 12.6. The van der Waals surface area contributed by atoms with Crippen molar-refractivity contribution in [2.75, 3.05) is 0 Å². The number of unbranched alkanes of at least 4 members (excludes halogenated alkanes) is 1.